The van der Waals surface area contributed by atoms with Gasteiger partial charge in [-0.15, -0.1) is 0 Å². The molecule has 0 radical (unpaired) electrons. The molecule has 3 rings (SSSR count). The molecule has 94 valence electrons. The Morgan fingerprint density at radius 2 is 2.44 bits per heavy atom. The first-order valence-electron chi connectivity index (χ1n) is 5.92. The van der Waals surface area contributed by atoms with E-state index in [-0.39, 0.29) is 11.7 Å². The van der Waals surface area contributed by atoms with E-state index in [4.69, 9.17) is 9.84 Å². The number of rotatable bonds is 3. The number of pyridine rings is 1. The minimum absolute atomic E-state index is 0.196. The highest BCUT2D eigenvalue weighted by molar-refractivity contribution is 5.87. The van der Waals surface area contributed by atoms with Crippen LogP contribution < -0.4 is 0 Å². The molecule has 0 aliphatic carbocycles. The van der Waals surface area contributed by atoms with Crippen molar-refractivity contribution in [3.05, 3.63) is 29.7 Å². The monoisotopic (exact) mass is 247 g/mol. The molecule has 6 nitrogen and oxygen atoms in total. The van der Waals surface area contributed by atoms with Gasteiger partial charge in [0.15, 0.2) is 11.5 Å². The third-order valence-corrected chi connectivity index (χ3v) is 3.06. The highest BCUT2D eigenvalue weighted by atomic mass is 16.5. The second kappa shape index (κ2) is 4.38. The molecule has 18 heavy (non-hydrogen) atoms. The van der Waals surface area contributed by atoms with Crippen molar-refractivity contribution in [2.75, 3.05) is 6.61 Å². The summed E-state index contributed by atoms with van der Waals surface area (Å²) in [5.74, 6) is -0.266. The summed E-state index contributed by atoms with van der Waals surface area (Å²) in [6.07, 6.45) is 4.48. The minimum Gasteiger partial charge on any atom is -0.478 e. The van der Waals surface area contributed by atoms with Crippen molar-refractivity contribution in [1.29, 1.82) is 0 Å². The number of nitrogens with zero attached hydrogens (tertiary/aromatic N) is 3. The Morgan fingerprint density at radius 3 is 3.17 bits per heavy atom. The maximum Gasteiger partial charge on any atom is 0.337 e. The first kappa shape index (κ1) is 11.2. The van der Waals surface area contributed by atoms with E-state index in [1.54, 1.807) is 6.07 Å². The Hall–Kier alpha value is -1.95. The van der Waals surface area contributed by atoms with E-state index in [9.17, 15) is 4.79 Å². The van der Waals surface area contributed by atoms with E-state index in [0.717, 1.165) is 19.4 Å². The van der Waals surface area contributed by atoms with Gasteiger partial charge >= 0.3 is 5.97 Å². The van der Waals surface area contributed by atoms with Gasteiger partial charge in [-0.3, -0.25) is 0 Å². The van der Waals surface area contributed by atoms with Gasteiger partial charge < -0.3 is 9.84 Å². The zero-order valence-electron chi connectivity index (χ0n) is 9.74. The molecule has 1 saturated heterocycles. The van der Waals surface area contributed by atoms with E-state index in [0.29, 0.717) is 17.9 Å². The van der Waals surface area contributed by atoms with Gasteiger partial charge in [0.2, 0.25) is 0 Å². The van der Waals surface area contributed by atoms with Crippen molar-refractivity contribution in [1.82, 2.24) is 14.6 Å². The molecule has 3 heterocycles. The van der Waals surface area contributed by atoms with Crippen LogP contribution in [0.15, 0.2) is 18.3 Å². The molecule has 1 unspecified atom stereocenters. The molecule has 1 aliphatic heterocycles. The van der Waals surface area contributed by atoms with Gasteiger partial charge in [-0.25, -0.2) is 14.3 Å². The lowest BCUT2D eigenvalue weighted by Gasteiger charge is -2.04. The molecule has 1 aliphatic rings. The molecule has 0 aromatic carbocycles. The van der Waals surface area contributed by atoms with Crippen LogP contribution in [0.4, 0.5) is 0 Å². The standard InChI is InChI=1S/C12H13N3O3/c16-12(17)8-3-4-11-13-10(14-15(11)7-8)6-9-2-1-5-18-9/h3-4,7,9H,1-2,5-6H2,(H,16,17). The number of aromatic carboxylic acids is 1. The highest BCUT2D eigenvalue weighted by Gasteiger charge is 2.18. The van der Waals surface area contributed by atoms with Crippen LogP contribution in [-0.4, -0.2) is 38.4 Å². The van der Waals surface area contributed by atoms with Crippen LogP contribution in [0.25, 0.3) is 5.65 Å². The van der Waals surface area contributed by atoms with Crippen molar-refractivity contribution in [2.24, 2.45) is 0 Å². The smallest absolute Gasteiger partial charge is 0.337 e. The summed E-state index contributed by atoms with van der Waals surface area (Å²) < 4.78 is 7.04. The van der Waals surface area contributed by atoms with Crippen LogP contribution >= 0.6 is 0 Å². The highest BCUT2D eigenvalue weighted by Crippen LogP contribution is 2.16. The predicted octanol–water partition coefficient (Wildman–Crippen LogP) is 1.15. The number of ether oxygens (including phenoxy) is 1. The Morgan fingerprint density at radius 1 is 1.56 bits per heavy atom. The lowest BCUT2D eigenvalue weighted by Crippen LogP contribution is -2.10. The summed E-state index contributed by atoms with van der Waals surface area (Å²) in [6.45, 7) is 0.807. The summed E-state index contributed by atoms with van der Waals surface area (Å²) in [5, 5.41) is 13.2. The van der Waals surface area contributed by atoms with E-state index in [2.05, 4.69) is 10.1 Å². The minimum atomic E-state index is -0.965. The summed E-state index contributed by atoms with van der Waals surface area (Å²) in [4.78, 5) is 15.2. The third kappa shape index (κ3) is 2.06. The molecule has 0 bridgehead atoms. The quantitative estimate of drug-likeness (QED) is 0.880. The summed E-state index contributed by atoms with van der Waals surface area (Å²) in [5.41, 5.74) is 0.865. The fraction of sp³-hybridized carbons (Fsp3) is 0.417. The number of aromatic nitrogens is 3. The van der Waals surface area contributed by atoms with Gasteiger partial charge in [0.05, 0.1) is 11.7 Å². The van der Waals surface area contributed by atoms with Gasteiger partial charge in [0, 0.05) is 19.2 Å². The number of fused-ring (bicyclic) bond motifs is 1. The molecule has 2 aromatic rings. The van der Waals surface area contributed by atoms with Crippen molar-refractivity contribution < 1.29 is 14.6 Å². The fourth-order valence-corrected chi connectivity index (χ4v) is 2.15. The van der Waals surface area contributed by atoms with E-state index < -0.39 is 5.97 Å². The number of hydrogen-bond donors (Lipinski definition) is 1. The van der Waals surface area contributed by atoms with Crippen molar-refractivity contribution >= 4 is 11.6 Å². The van der Waals surface area contributed by atoms with Gasteiger partial charge in [-0.05, 0) is 25.0 Å². The molecular weight excluding hydrogens is 234 g/mol. The number of carbonyl (C=O) groups is 1. The Kier molecular flexibility index (Phi) is 2.71. The third-order valence-electron chi connectivity index (χ3n) is 3.06. The predicted molar refractivity (Wildman–Crippen MR) is 62.6 cm³/mol. The number of carboxylic acid groups (broad SMARTS) is 1. The molecule has 0 spiro atoms. The Bertz CT molecular complexity index is 587. The zero-order valence-corrected chi connectivity index (χ0v) is 9.74. The van der Waals surface area contributed by atoms with E-state index in [1.807, 2.05) is 0 Å². The SMILES string of the molecule is O=C(O)c1ccc2nc(CC3CCCO3)nn2c1. The van der Waals surface area contributed by atoms with Crippen LogP contribution in [0.3, 0.4) is 0 Å². The molecule has 6 heteroatoms. The van der Waals surface area contributed by atoms with Crippen LogP contribution in [0, 0.1) is 0 Å². The Balaban J connectivity index is 1.87. The lowest BCUT2D eigenvalue weighted by atomic mass is 10.2. The van der Waals surface area contributed by atoms with Crippen LogP contribution in [0.1, 0.15) is 29.0 Å². The van der Waals surface area contributed by atoms with Gasteiger partial charge in [-0.1, -0.05) is 0 Å². The van der Waals surface area contributed by atoms with Crippen LogP contribution in [0.5, 0.6) is 0 Å². The molecule has 2 aromatic heterocycles. The summed E-state index contributed by atoms with van der Waals surface area (Å²) in [6, 6.07) is 3.19. The normalized spacial score (nSPS) is 19.4. The van der Waals surface area contributed by atoms with Gasteiger partial charge in [0.25, 0.3) is 0 Å². The lowest BCUT2D eigenvalue weighted by molar-refractivity contribution is 0.0696. The molecule has 0 saturated carbocycles. The Labute approximate surface area is 103 Å². The zero-order chi connectivity index (χ0) is 12.5. The summed E-state index contributed by atoms with van der Waals surface area (Å²) in [7, 11) is 0. The molecule has 1 N–H and O–H groups in total. The van der Waals surface area contributed by atoms with Crippen molar-refractivity contribution in [3.63, 3.8) is 0 Å². The second-order valence-corrected chi connectivity index (χ2v) is 4.39. The van der Waals surface area contributed by atoms with Crippen molar-refractivity contribution in [2.45, 2.75) is 25.4 Å². The van der Waals surface area contributed by atoms with Crippen LogP contribution in [0.2, 0.25) is 0 Å². The van der Waals surface area contributed by atoms with Gasteiger partial charge in [0.1, 0.15) is 0 Å². The van der Waals surface area contributed by atoms with Gasteiger partial charge in [-0.2, -0.15) is 5.10 Å². The number of hydrogen-bond acceptors (Lipinski definition) is 4. The van der Waals surface area contributed by atoms with Crippen LogP contribution in [-0.2, 0) is 11.2 Å². The van der Waals surface area contributed by atoms with E-state index in [1.165, 1.54) is 16.8 Å². The average Bonchev–Trinajstić information content (AvgIpc) is 2.96. The average molecular weight is 247 g/mol. The molecular formula is C12H13N3O3. The summed E-state index contributed by atoms with van der Waals surface area (Å²) >= 11 is 0. The number of carboxylic acids is 1. The largest absolute Gasteiger partial charge is 0.478 e. The first-order valence-corrected chi connectivity index (χ1v) is 5.92. The maximum atomic E-state index is 10.8. The van der Waals surface area contributed by atoms with Crippen molar-refractivity contribution in [3.8, 4) is 0 Å². The first-order chi connectivity index (χ1) is 8.72. The second-order valence-electron chi connectivity index (χ2n) is 4.39. The maximum absolute atomic E-state index is 10.8. The van der Waals surface area contributed by atoms with E-state index >= 15 is 0 Å². The molecule has 0 amide bonds. The fourth-order valence-electron chi connectivity index (χ4n) is 2.15. The topological polar surface area (TPSA) is 76.7 Å². The molecule has 1 fully saturated rings. The molecule has 1 atom stereocenters.